The van der Waals surface area contributed by atoms with E-state index in [1.807, 2.05) is 11.8 Å². The number of aromatic nitrogens is 2. The van der Waals surface area contributed by atoms with Gasteiger partial charge in [0.15, 0.2) is 0 Å². The molecule has 104 valence electrons. The summed E-state index contributed by atoms with van der Waals surface area (Å²) in [5.41, 5.74) is 2.50. The van der Waals surface area contributed by atoms with Gasteiger partial charge in [0.1, 0.15) is 17.5 Å². The summed E-state index contributed by atoms with van der Waals surface area (Å²) in [7, 11) is 0. The van der Waals surface area contributed by atoms with Gasteiger partial charge in [-0.15, -0.1) is 0 Å². The second-order valence-electron chi connectivity index (χ2n) is 4.49. The highest BCUT2D eigenvalue weighted by atomic mass is 16.2. The van der Waals surface area contributed by atoms with Crippen molar-refractivity contribution in [2.45, 2.75) is 26.2 Å². The summed E-state index contributed by atoms with van der Waals surface area (Å²) in [6, 6.07) is 1.69. The van der Waals surface area contributed by atoms with Gasteiger partial charge in [-0.1, -0.05) is 6.92 Å². The number of carbonyl (C=O) groups excluding carboxylic acids is 1. The van der Waals surface area contributed by atoms with Gasteiger partial charge in [-0.2, -0.15) is 0 Å². The normalized spacial score (nSPS) is 14.5. The summed E-state index contributed by atoms with van der Waals surface area (Å²) < 4.78 is 0. The van der Waals surface area contributed by atoms with Crippen molar-refractivity contribution >= 4 is 17.5 Å². The highest BCUT2D eigenvalue weighted by Crippen LogP contribution is 2.12. The van der Waals surface area contributed by atoms with Gasteiger partial charge in [0, 0.05) is 25.6 Å². The van der Waals surface area contributed by atoms with Crippen LogP contribution in [0.3, 0.4) is 0 Å². The Kier molecular flexibility index (Phi) is 4.51. The third kappa shape index (κ3) is 3.54. The second kappa shape index (κ2) is 6.33. The number of nitrogen functional groups attached to an aromatic ring is 1. The molecule has 0 bridgehead atoms. The minimum Gasteiger partial charge on any atom is -0.361 e. The van der Waals surface area contributed by atoms with E-state index in [4.69, 9.17) is 5.84 Å². The van der Waals surface area contributed by atoms with Gasteiger partial charge < -0.3 is 15.6 Å². The molecule has 1 aromatic rings. The lowest BCUT2D eigenvalue weighted by atomic mass is 10.4. The monoisotopic (exact) mass is 264 g/mol. The summed E-state index contributed by atoms with van der Waals surface area (Å²) in [5.74, 6) is 7.31. The van der Waals surface area contributed by atoms with Crippen LogP contribution in [-0.2, 0) is 11.2 Å². The molecule has 1 saturated heterocycles. The van der Waals surface area contributed by atoms with Gasteiger partial charge in [0.2, 0.25) is 5.91 Å². The van der Waals surface area contributed by atoms with Crippen molar-refractivity contribution < 1.29 is 4.79 Å². The highest BCUT2D eigenvalue weighted by Gasteiger charge is 2.17. The summed E-state index contributed by atoms with van der Waals surface area (Å²) in [6.07, 6.45) is 2.91. The molecule has 0 radical (unpaired) electrons. The third-order valence-corrected chi connectivity index (χ3v) is 3.12. The van der Waals surface area contributed by atoms with Crippen LogP contribution >= 0.6 is 0 Å². The molecule has 7 nitrogen and oxygen atoms in total. The number of hydrogen-bond donors (Lipinski definition) is 3. The molecule has 2 rings (SSSR count). The van der Waals surface area contributed by atoms with Gasteiger partial charge >= 0.3 is 0 Å². The Morgan fingerprint density at radius 3 is 2.68 bits per heavy atom. The van der Waals surface area contributed by atoms with Gasteiger partial charge in [0.05, 0.1) is 6.54 Å². The Balaban J connectivity index is 1.96. The number of aryl methyl sites for hydroxylation is 1. The van der Waals surface area contributed by atoms with Crippen LogP contribution in [0.25, 0.3) is 0 Å². The van der Waals surface area contributed by atoms with E-state index in [-0.39, 0.29) is 12.5 Å². The molecule has 0 atom stereocenters. The van der Waals surface area contributed by atoms with Crippen LogP contribution < -0.4 is 16.6 Å². The van der Waals surface area contributed by atoms with Crippen LogP contribution in [0.1, 0.15) is 25.6 Å². The Morgan fingerprint density at radius 1 is 1.37 bits per heavy atom. The third-order valence-electron chi connectivity index (χ3n) is 3.12. The quantitative estimate of drug-likeness (QED) is 0.525. The summed E-state index contributed by atoms with van der Waals surface area (Å²) in [4.78, 5) is 22.3. The number of nitrogens with one attached hydrogen (secondary N) is 2. The summed E-state index contributed by atoms with van der Waals surface area (Å²) in [5, 5.41) is 3.03. The number of carbonyl (C=O) groups is 1. The number of anilines is 2. The zero-order chi connectivity index (χ0) is 13.7. The minimum atomic E-state index is 0.108. The average molecular weight is 264 g/mol. The van der Waals surface area contributed by atoms with Crippen molar-refractivity contribution in [1.29, 1.82) is 0 Å². The molecule has 0 saturated carbocycles. The Labute approximate surface area is 112 Å². The van der Waals surface area contributed by atoms with E-state index in [1.54, 1.807) is 6.07 Å². The predicted octanol–water partition coefficient (Wildman–Crippen LogP) is 0.359. The molecule has 1 aliphatic heterocycles. The lowest BCUT2D eigenvalue weighted by molar-refractivity contribution is -0.128. The topological polar surface area (TPSA) is 96.2 Å². The molecule has 0 aromatic carbocycles. The Bertz CT molecular complexity index is 422. The maximum Gasteiger partial charge on any atom is 0.241 e. The first-order valence-corrected chi connectivity index (χ1v) is 6.59. The molecular formula is C12H20N6O. The van der Waals surface area contributed by atoms with Crippen molar-refractivity contribution in [1.82, 2.24) is 14.9 Å². The van der Waals surface area contributed by atoms with Gasteiger partial charge in [0.25, 0.3) is 0 Å². The van der Waals surface area contributed by atoms with Crippen LogP contribution in [0, 0.1) is 0 Å². The van der Waals surface area contributed by atoms with Crippen molar-refractivity contribution in [3.8, 4) is 0 Å². The Morgan fingerprint density at radius 2 is 2.05 bits per heavy atom. The van der Waals surface area contributed by atoms with Crippen LogP contribution in [0.15, 0.2) is 6.07 Å². The molecule has 0 aliphatic carbocycles. The van der Waals surface area contributed by atoms with Gasteiger partial charge in [-0.05, 0) is 12.8 Å². The number of hydrogen-bond acceptors (Lipinski definition) is 6. The van der Waals surface area contributed by atoms with Gasteiger partial charge in [-0.3, -0.25) is 4.79 Å². The molecule has 2 heterocycles. The van der Waals surface area contributed by atoms with Crippen molar-refractivity contribution in [2.75, 3.05) is 30.4 Å². The molecule has 1 aromatic heterocycles. The van der Waals surface area contributed by atoms with E-state index in [0.29, 0.717) is 23.9 Å². The first kappa shape index (κ1) is 13.5. The number of nitrogens with two attached hydrogens (primary N) is 1. The van der Waals surface area contributed by atoms with Crippen LogP contribution in [0.4, 0.5) is 11.6 Å². The van der Waals surface area contributed by atoms with Crippen LogP contribution in [-0.4, -0.2) is 40.4 Å². The fraction of sp³-hybridized carbons (Fsp3) is 0.583. The van der Waals surface area contributed by atoms with E-state index in [2.05, 4.69) is 20.7 Å². The van der Waals surface area contributed by atoms with Crippen LogP contribution in [0.5, 0.6) is 0 Å². The standard InChI is InChI=1S/C12H20N6O/c1-2-9-15-10(7-11(16-9)17-13)14-8-12(19)18-5-3-4-6-18/h7H,2-6,8,13H2,1H3,(H2,14,15,16,17). The van der Waals surface area contributed by atoms with E-state index in [9.17, 15) is 4.79 Å². The Hall–Kier alpha value is -1.89. The predicted molar refractivity (Wildman–Crippen MR) is 73.5 cm³/mol. The highest BCUT2D eigenvalue weighted by molar-refractivity contribution is 5.80. The molecule has 1 aliphatic rings. The second-order valence-corrected chi connectivity index (χ2v) is 4.49. The number of amides is 1. The fourth-order valence-electron chi connectivity index (χ4n) is 2.06. The number of rotatable bonds is 5. The molecule has 0 spiro atoms. The maximum absolute atomic E-state index is 11.9. The average Bonchev–Trinajstić information content (AvgIpc) is 2.98. The largest absolute Gasteiger partial charge is 0.361 e. The minimum absolute atomic E-state index is 0.108. The zero-order valence-electron chi connectivity index (χ0n) is 11.1. The van der Waals surface area contributed by atoms with Crippen LogP contribution in [0.2, 0.25) is 0 Å². The van der Waals surface area contributed by atoms with E-state index in [1.165, 1.54) is 0 Å². The molecule has 1 amide bonds. The smallest absolute Gasteiger partial charge is 0.241 e. The van der Waals surface area contributed by atoms with Crippen molar-refractivity contribution in [3.05, 3.63) is 11.9 Å². The molecule has 4 N–H and O–H groups in total. The molecule has 0 unspecified atom stereocenters. The molecule has 19 heavy (non-hydrogen) atoms. The van der Waals surface area contributed by atoms with E-state index < -0.39 is 0 Å². The maximum atomic E-state index is 11.9. The molecular weight excluding hydrogens is 244 g/mol. The number of hydrazine groups is 1. The lowest BCUT2D eigenvalue weighted by Gasteiger charge is -2.16. The zero-order valence-corrected chi connectivity index (χ0v) is 11.1. The van der Waals surface area contributed by atoms with Crippen molar-refractivity contribution in [3.63, 3.8) is 0 Å². The first-order chi connectivity index (χ1) is 9.22. The first-order valence-electron chi connectivity index (χ1n) is 6.59. The summed E-state index contributed by atoms with van der Waals surface area (Å²) in [6.45, 7) is 3.94. The number of likely N-dealkylation sites (tertiary alicyclic amines) is 1. The van der Waals surface area contributed by atoms with E-state index >= 15 is 0 Å². The molecule has 1 fully saturated rings. The van der Waals surface area contributed by atoms with Gasteiger partial charge in [-0.25, -0.2) is 15.8 Å². The fourth-order valence-corrected chi connectivity index (χ4v) is 2.06. The van der Waals surface area contributed by atoms with E-state index in [0.717, 1.165) is 25.9 Å². The van der Waals surface area contributed by atoms with Crippen molar-refractivity contribution in [2.24, 2.45) is 5.84 Å². The lowest BCUT2D eigenvalue weighted by Crippen LogP contribution is -2.33. The summed E-state index contributed by atoms with van der Waals surface area (Å²) >= 11 is 0. The number of nitrogens with zero attached hydrogens (tertiary/aromatic N) is 3. The molecule has 7 heteroatoms. The SMILES string of the molecule is CCc1nc(NN)cc(NCC(=O)N2CCCC2)n1.